The topological polar surface area (TPSA) is 21.7 Å². The minimum Gasteiger partial charge on any atom is -0.377 e. The molecule has 1 aliphatic heterocycles. The van der Waals surface area contributed by atoms with E-state index >= 15 is 0 Å². The summed E-state index contributed by atoms with van der Waals surface area (Å²) in [4.78, 5) is 2.44. The molecular weight excluding hydrogens is 258 g/mol. The minimum absolute atomic E-state index is 0.256. The van der Waals surface area contributed by atoms with Gasteiger partial charge in [0.2, 0.25) is 0 Å². The molecule has 0 N–H and O–H groups in total. The monoisotopic (exact) mass is 279 g/mol. The van der Waals surface area contributed by atoms with Crippen molar-refractivity contribution in [2.75, 3.05) is 39.2 Å². The van der Waals surface area contributed by atoms with Crippen LogP contribution in [0.25, 0.3) is 0 Å². The maximum atomic E-state index is 5.40. The average molecular weight is 280 g/mol. The third-order valence-corrected chi connectivity index (χ3v) is 3.57. The van der Waals surface area contributed by atoms with E-state index in [0.717, 1.165) is 18.4 Å². The van der Waals surface area contributed by atoms with Gasteiger partial charge < -0.3 is 9.47 Å². The van der Waals surface area contributed by atoms with Gasteiger partial charge in [-0.05, 0) is 19.4 Å². The predicted molar refractivity (Wildman–Crippen MR) is 65.7 cm³/mol. The average Bonchev–Trinajstić information content (AvgIpc) is 2.67. The van der Waals surface area contributed by atoms with Crippen LogP contribution in [0.2, 0.25) is 0 Å². The Kier molecular flexibility index (Phi) is 6.81. The highest BCUT2D eigenvalue weighted by Gasteiger charge is 2.32. The van der Waals surface area contributed by atoms with Crippen LogP contribution in [0.15, 0.2) is 0 Å². The second kappa shape index (κ2) is 7.60. The standard InChI is InChI=1S/C11H22BrNO2/c1-14-10-8-13(9-11(10)15-2)7-5-3-4-6-12/h10-11H,3-9H2,1-2H3. The zero-order valence-corrected chi connectivity index (χ0v) is 11.3. The second-order valence-corrected chi connectivity index (χ2v) is 4.85. The van der Waals surface area contributed by atoms with E-state index in [1.807, 2.05) is 0 Å². The Morgan fingerprint density at radius 1 is 1.07 bits per heavy atom. The molecule has 0 spiro atoms. The van der Waals surface area contributed by atoms with Gasteiger partial charge in [0.05, 0.1) is 12.2 Å². The summed E-state index contributed by atoms with van der Waals surface area (Å²) in [5, 5.41) is 1.12. The molecule has 2 atom stereocenters. The molecule has 1 fully saturated rings. The van der Waals surface area contributed by atoms with Gasteiger partial charge in [0.25, 0.3) is 0 Å². The summed E-state index contributed by atoms with van der Waals surface area (Å²) >= 11 is 3.45. The molecule has 0 amide bonds. The molecule has 0 saturated carbocycles. The number of methoxy groups -OCH3 is 2. The number of ether oxygens (including phenoxy) is 2. The van der Waals surface area contributed by atoms with Crippen molar-refractivity contribution in [1.29, 1.82) is 0 Å². The Morgan fingerprint density at radius 2 is 1.67 bits per heavy atom. The van der Waals surface area contributed by atoms with Crippen molar-refractivity contribution in [3.8, 4) is 0 Å². The predicted octanol–water partition coefficient (Wildman–Crippen LogP) is 1.90. The van der Waals surface area contributed by atoms with E-state index in [-0.39, 0.29) is 12.2 Å². The molecule has 0 bridgehead atoms. The third-order valence-electron chi connectivity index (χ3n) is 3.00. The number of alkyl halides is 1. The molecule has 4 heteroatoms. The van der Waals surface area contributed by atoms with E-state index in [9.17, 15) is 0 Å². The normalized spacial score (nSPS) is 27.4. The minimum atomic E-state index is 0.256. The summed E-state index contributed by atoms with van der Waals surface area (Å²) in [6.45, 7) is 3.21. The van der Waals surface area contributed by atoms with Gasteiger partial charge in [0.1, 0.15) is 0 Å². The largest absolute Gasteiger partial charge is 0.377 e. The first-order chi connectivity index (χ1) is 7.31. The van der Waals surface area contributed by atoms with E-state index < -0.39 is 0 Å². The summed E-state index contributed by atoms with van der Waals surface area (Å²) < 4.78 is 10.8. The van der Waals surface area contributed by atoms with E-state index in [1.54, 1.807) is 14.2 Å². The summed E-state index contributed by atoms with van der Waals surface area (Å²) in [7, 11) is 3.54. The van der Waals surface area contributed by atoms with Crippen LogP contribution in [0.1, 0.15) is 19.3 Å². The Labute approximate surface area is 101 Å². The summed E-state index contributed by atoms with van der Waals surface area (Å²) in [5.74, 6) is 0. The highest BCUT2D eigenvalue weighted by Crippen LogP contribution is 2.16. The van der Waals surface area contributed by atoms with Gasteiger partial charge in [-0.2, -0.15) is 0 Å². The molecular formula is C11H22BrNO2. The first-order valence-electron chi connectivity index (χ1n) is 5.65. The van der Waals surface area contributed by atoms with E-state index in [1.165, 1.54) is 25.8 Å². The molecule has 0 aliphatic carbocycles. The van der Waals surface area contributed by atoms with Crippen LogP contribution in [0, 0.1) is 0 Å². The molecule has 0 aromatic carbocycles. The summed E-state index contributed by atoms with van der Waals surface area (Å²) in [6, 6.07) is 0. The molecule has 1 saturated heterocycles. The van der Waals surface area contributed by atoms with Gasteiger partial charge in [-0.3, -0.25) is 4.90 Å². The molecule has 3 nitrogen and oxygen atoms in total. The van der Waals surface area contributed by atoms with Crippen LogP contribution in [-0.2, 0) is 9.47 Å². The lowest BCUT2D eigenvalue weighted by Gasteiger charge is -2.14. The van der Waals surface area contributed by atoms with Gasteiger partial charge in [-0.25, -0.2) is 0 Å². The third kappa shape index (κ3) is 4.39. The van der Waals surface area contributed by atoms with Crippen molar-refractivity contribution in [2.45, 2.75) is 31.5 Å². The quantitative estimate of drug-likeness (QED) is 0.525. The van der Waals surface area contributed by atoms with Gasteiger partial charge in [-0.1, -0.05) is 22.4 Å². The van der Waals surface area contributed by atoms with Crippen molar-refractivity contribution < 1.29 is 9.47 Å². The van der Waals surface area contributed by atoms with Crippen molar-refractivity contribution in [3.05, 3.63) is 0 Å². The Bertz CT molecular complexity index is 157. The first-order valence-corrected chi connectivity index (χ1v) is 6.78. The Hall–Kier alpha value is 0.360. The molecule has 0 aromatic heterocycles. The van der Waals surface area contributed by atoms with Crippen molar-refractivity contribution in [1.82, 2.24) is 4.90 Å². The maximum Gasteiger partial charge on any atom is 0.0971 e. The van der Waals surface area contributed by atoms with Crippen LogP contribution in [0.5, 0.6) is 0 Å². The molecule has 2 unspecified atom stereocenters. The molecule has 1 rings (SSSR count). The Morgan fingerprint density at radius 3 is 2.13 bits per heavy atom. The number of halogens is 1. The maximum absolute atomic E-state index is 5.40. The molecule has 0 radical (unpaired) electrons. The number of rotatable bonds is 7. The van der Waals surface area contributed by atoms with Gasteiger partial charge >= 0.3 is 0 Å². The molecule has 90 valence electrons. The van der Waals surface area contributed by atoms with Crippen LogP contribution >= 0.6 is 15.9 Å². The Balaban J connectivity index is 2.16. The zero-order valence-electron chi connectivity index (χ0n) is 9.75. The lowest BCUT2D eigenvalue weighted by atomic mass is 10.2. The van der Waals surface area contributed by atoms with Gasteiger partial charge in [-0.15, -0.1) is 0 Å². The van der Waals surface area contributed by atoms with E-state index in [0.29, 0.717) is 0 Å². The van der Waals surface area contributed by atoms with E-state index in [2.05, 4.69) is 20.8 Å². The van der Waals surface area contributed by atoms with Crippen LogP contribution in [-0.4, -0.2) is 56.3 Å². The lowest BCUT2D eigenvalue weighted by Crippen LogP contribution is -2.27. The molecule has 1 heterocycles. The highest BCUT2D eigenvalue weighted by atomic mass is 79.9. The highest BCUT2D eigenvalue weighted by molar-refractivity contribution is 9.09. The summed E-state index contributed by atoms with van der Waals surface area (Å²) in [5.41, 5.74) is 0. The molecule has 1 aliphatic rings. The van der Waals surface area contributed by atoms with Gasteiger partial charge in [0, 0.05) is 32.6 Å². The van der Waals surface area contributed by atoms with Crippen molar-refractivity contribution >= 4 is 15.9 Å². The molecule has 0 aromatic rings. The number of hydrogen-bond acceptors (Lipinski definition) is 3. The lowest BCUT2D eigenvalue weighted by molar-refractivity contribution is -0.00461. The molecule has 15 heavy (non-hydrogen) atoms. The van der Waals surface area contributed by atoms with Crippen LogP contribution in [0.4, 0.5) is 0 Å². The number of unbranched alkanes of at least 4 members (excludes halogenated alkanes) is 2. The zero-order chi connectivity index (χ0) is 11.1. The summed E-state index contributed by atoms with van der Waals surface area (Å²) in [6.07, 6.45) is 4.36. The van der Waals surface area contributed by atoms with Gasteiger partial charge in [0.15, 0.2) is 0 Å². The van der Waals surface area contributed by atoms with Crippen molar-refractivity contribution in [3.63, 3.8) is 0 Å². The fourth-order valence-corrected chi connectivity index (χ4v) is 2.46. The van der Waals surface area contributed by atoms with Crippen LogP contribution < -0.4 is 0 Å². The first kappa shape index (κ1) is 13.4. The SMILES string of the molecule is COC1CN(CCCCCBr)CC1OC. The fraction of sp³-hybridized carbons (Fsp3) is 1.00. The number of nitrogens with zero attached hydrogens (tertiary/aromatic N) is 1. The van der Waals surface area contributed by atoms with Crippen LogP contribution in [0.3, 0.4) is 0 Å². The fourth-order valence-electron chi connectivity index (χ4n) is 2.06. The number of likely N-dealkylation sites (tertiary alicyclic amines) is 1. The second-order valence-electron chi connectivity index (χ2n) is 4.06. The smallest absolute Gasteiger partial charge is 0.0971 e. The van der Waals surface area contributed by atoms with E-state index in [4.69, 9.17) is 9.47 Å². The number of hydrogen-bond donors (Lipinski definition) is 0. The van der Waals surface area contributed by atoms with Crippen molar-refractivity contribution in [2.24, 2.45) is 0 Å².